The molecule has 84 valence electrons. The van der Waals surface area contributed by atoms with E-state index in [1.54, 1.807) is 0 Å². The minimum absolute atomic E-state index is 0. The first-order valence-corrected chi connectivity index (χ1v) is 4.43. The summed E-state index contributed by atoms with van der Waals surface area (Å²) in [5.41, 5.74) is -1.22. The van der Waals surface area contributed by atoms with E-state index in [1.807, 2.05) is 0 Å². The molecular formula is C8H11BF3KN2O. The number of rotatable bonds is 3. The summed E-state index contributed by atoms with van der Waals surface area (Å²) in [6.45, 7) is -1.93. The smallest absolute Gasteiger partial charge is 0.449 e. The maximum atomic E-state index is 12.0. The molecule has 0 saturated carbocycles. The number of hydrogen-bond donors (Lipinski definition) is 1. The van der Waals surface area contributed by atoms with Gasteiger partial charge < -0.3 is 18.1 Å². The summed E-state index contributed by atoms with van der Waals surface area (Å²) >= 11 is 0. The van der Waals surface area contributed by atoms with E-state index in [0.717, 1.165) is 12.4 Å². The Morgan fingerprint density at radius 3 is 2.00 bits per heavy atom. The van der Waals surface area contributed by atoms with Gasteiger partial charge in [-0.05, 0) is 19.4 Å². The van der Waals surface area contributed by atoms with Crippen LogP contribution in [0.2, 0.25) is 0 Å². The van der Waals surface area contributed by atoms with Crippen LogP contribution in [0.5, 0.6) is 0 Å². The van der Waals surface area contributed by atoms with E-state index in [0.29, 0.717) is 0 Å². The second-order valence-electron chi connectivity index (χ2n) is 3.89. The first kappa shape index (κ1) is 16.5. The predicted molar refractivity (Wildman–Crippen MR) is 50.1 cm³/mol. The van der Waals surface area contributed by atoms with Crippen LogP contribution in [-0.2, 0) is 11.9 Å². The van der Waals surface area contributed by atoms with Crippen molar-refractivity contribution in [1.82, 2.24) is 9.97 Å². The molecule has 0 saturated heterocycles. The van der Waals surface area contributed by atoms with E-state index in [-0.39, 0.29) is 62.8 Å². The number of halogens is 3. The fraction of sp³-hybridized carbons (Fsp3) is 0.500. The minimum atomic E-state index is -4.87. The zero-order valence-corrected chi connectivity index (χ0v) is 12.5. The van der Waals surface area contributed by atoms with Crippen LogP contribution in [0.4, 0.5) is 12.9 Å². The summed E-state index contributed by atoms with van der Waals surface area (Å²) in [6.07, 6.45) is 1.19. The monoisotopic (exact) mass is 258 g/mol. The summed E-state index contributed by atoms with van der Waals surface area (Å²) in [5, 5.41) is 9.47. The molecule has 0 fully saturated rings. The van der Waals surface area contributed by atoms with Crippen LogP contribution < -0.4 is 51.4 Å². The molecule has 1 aromatic heterocycles. The molecule has 1 rings (SSSR count). The van der Waals surface area contributed by atoms with Crippen LogP contribution in [-0.4, -0.2) is 22.1 Å². The SMILES string of the molecule is CC(C)(O)c1ncc(C[B-](F)(F)F)cn1.[K+]. The van der Waals surface area contributed by atoms with E-state index in [1.165, 1.54) is 13.8 Å². The van der Waals surface area contributed by atoms with Gasteiger partial charge in [0.25, 0.3) is 0 Å². The molecular weight excluding hydrogens is 247 g/mol. The molecule has 0 bridgehead atoms. The largest absolute Gasteiger partial charge is 1.00 e. The molecule has 0 aromatic carbocycles. The van der Waals surface area contributed by atoms with Crippen molar-refractivity contribution in [3.63, 3.8) is 0 Å². The molecule has 1 N–H and O–H groups in total. The van der Waals surface area contributed by atoms with Gasteiger partial charge in [0.2, 0.25) is 0 Å². The fourth-order valence-corrected chi connectivity index (χ4v) is 1.04. The third-order valence-corrected chi connectivity index (χ3v) is 1.72. The van der Waals surface area contributed by atoms with Crippen molar-refractivity contribution in [2.45, 2.75) is 25.8 Å². The average molecular weight is 258 g/mol. The average Bonchev–Trinajstić information content (AvgIpc) is 2.00. The molecule has 0 radical (unpaired) electrons. The molecule has 0 spiro atoms. The predicted octanol–water partition coefficient (Wildman–Crippen LogP) is -1.36. The van der Waals surface area contributed by atoms with Crippen molar-refractivity contribution in [3.05, 3.63) is 23.8 Å². The van der Waals surface area contributed by atoms with Crippen LogP contribution in [0.3, 0.4) is 0 Å². The number of aromatic nitrogens is 2. The molecule has 0 aliphatic rings. The molecule has 3 nitrogen and oxygen atoms in total. The first-order valence-electron chi connectivity index (χ1n) is 4.43. The normalized spacial score (nSPS) is 12.1. The Hall–Kier alpha value is 0.531. The van der Waals surface area contributed by atoms with Crippen LogP contribution in [0.15, 0.2) is 12.4 Å². The number of nitrogens with zero attached hydrogens (tertiary/aromatic N) is 2. The van der Waals surface area contributed by atoms with E-state index >= 15 is 0 Å². The Labute approximate surface area is 134 Å². The third-order valence-electron chi connectivity index (χ3n) is 1.72. The topological polar surface area (TPSA) is 46.0 Å². The quantitative estimate of drug-likeness (QED) is 0.681. The van der Waals surface area contributed by atoms with E-state index in [2.05, 4.69) is 9.97 Å². The molecule has 1 heterocycles. The summed E-state index contributed by atoms with van der Waals surface area (Å²) in [5.74, 6) is 0.112. The van der Waals surface area contributed by atoms with Gasteiger partial charge in [-0.25, -0.2) is 9.97 Å². The zero-order chi connectivity index (χ0) is 11.7. The van der Waals surface area contributed by atoms with E-state index in [4.69, 9.17) is 0 Å². The Morgan fingerprint density at radius 1 is 1.25 bits per heavy atom. The van der Waals surface area contributed by atoms with Gasteiger partial charge >= 0.3 is 58.4 Å². The maximum absolute atomic E-state index is 12.0. The van der Waals surface area contributed by atoms with Gasteiger partial charge in [0, 0.05) is 12.4 Å². The molecule has 16 heavy (non-hydrogen) atoms. The van der Waals surface area contributed by atoms with Crippen molar-refractivity contribution < 1.29 is 69.4 Å². The Balaban J connectivity index is 0.00000225. The van der Waals surface area contributed by atoms with Gasteiger partial charge in [0.15, 0.2) is 5.82 Å². The number of aliphatic hydroxyl groups is 1. The summed E-state index contributed by atoms with van der Waals surface area (Å²) in [4.78, 5) is 7.37. The van der Waals surface area contributed by atoms with Crippen LogP contribution >= 0.6 is 0 Å². The molecule has 0 atom stereocenters. The van der Waals surface area contributed by atoms with Crippen molar-refractivity contribution in [1.29, 1.82) is 0 Å². The van der Waals surface area contributed by atoms with Crippen LogP contribution in [0.25, 0.3) is 0 Å². The van der Waals surface area contributed by atoms with Crippen molar-refractivity contribution >= 4 is 6.98 Å². The minimum Gasteiger partial charge on any atom is -0.449 e. The number of hydrogen-bond acceptors (Lipinski definition) is 3. The second-order valence-corrected chi connectivity index (χ2v) is 3.89. The van der Waals surface area contributed by atoms with Gasteiger partial charge in [0.05, 0.1) is 0 Å². The van der Waals surface area contributed by atoms with Gasteiger partial charge in [-0.2, -0.15) is 0 Å². The van der Waals surface area contributed by atoms with Gasteiger partial charge in [0.1, 0.15) is 5.60 Å². The van der Waals surface area contributed by atoms with Gasteiger partial charge in [-0.1, -0.05) is 6.32 Å². The molecule has 1 aromatic rings. The van der Waals surface area contributed by atoms with Gasteiger partial charge in [-0.15, -0.1) is 0 Å². The Bertz CT molecular complexity index is 337. The molecule has 0 unspecified atom stereocenters. The molecule has 0 aliphatic carbocycles. The van der Waals surface area contributed by atoms with E-state index in [9.17, 15) is 18.1 Å². The summed E-state index contributed by atoms with van der Waals surface area (Å²) in [7, 11) is 0. The Kier molecular flexibility index (Phi) is 6.12. The molecule has 8 heteroatoms. The van der Waals surface area contributed by atoms with Crippen LogP contribution in [0, 0.1) is 0 Å². The van der Waals surface area contributed by atoms with Crippen LogP contribution in [0.1, 0.15) is 25.2 Å². The molecule has 0 amide bonds. The third kappa shape index (κ3) is 5.74. The van der Waals surface area contributed by atoms with Gasteiger partial charge in [-0.3, -0.25) is 0 Å². The first-order chi connectivity index (χ1) is 6.68. The van der Waals surface area contributed by atoms with Crippen molar-refractivity contribution in [2.24, 2.45) is 0 Å². The van der Waals surface area contributed by atoms with E-state index < -0.39 is 18.9 Å². The fourth-order valence-electron chi connectivity index (χ4n) is 1.04. The second kappa shape index (κ2) is 5.92. The zero-order valence-electron chi connectivity index (χ0n) is 9.41. The standard InChI is InChI=1S/C8H11BF3N2O.K/c1-8(2,15)7-13-4-6(5-14-7)3-9(10,11)12;/h4-5,15H,3H2,1-2H3;/q-1;+1. The molecule has 0 aliphatic heterocycles. The summed E-state index contributed by atoms with van der Waals surface area (Å²) in [6, 6.07) is 0. The van der Waals surface area contributed by atoms with Crippen molar-refractivity contribution in [3.8, 4) is 0 Å². The Morgan fingerprint density at radius 2 is 1.69 bits per heavy atom. The van der Waals surface area contributed by atoms with Crippen molar-refractivity contribution in [2.75, 3.05) is 0 Å². The maximum Gasteiger partial charge on any atom is 1.00 e. The summed E-state index contributed by atoms with van der Waals surface area (Å²) < 4.78 is 36.1.